The first kappa shape index (κ1) is 14.3. The maximum Gasteiger partial charge on any atom is 0.0491 e. The lowest BCUT2D eigenvalue weighted by molar-refractivity contribution is 0.0302. The predicted molar refractivity (Wildman–Crippen MR) is 75.6 cm³/mol. The van der Waals surface area contributed by atoms with Crippen molar-refractivity contribution in [3.8, 4) is 0 Å². The zero-order valence-corrected chi connectivity index (χ0v) is 12.3. The van der Waals surface area contributed by atoms with Crippen LogP contribution in [0.1, 0.15) is 46.0 Å². The van der Waals surface area contributed by atoms with Crippen molar-refractivity contribution >= 4 is 0 Å². The fourth-order valence-electron chi connectivity index (χ4n) is 3.73. The number of rotatable bonds is 3. The van der Waals surface area contributed by atoms with E-state index in [2.05, 4.69) is 18.7 Å². The first-order chi connectivity index (χ1) is 8.54. The first-order valence-electron chi connectivity index (χ1n) is 7.53. The van der Waals surface area contributed by atoms with Crippen LogP contribution in [0.4, 0.5) is 0 Å². The number of likely N-dealkylation sites (tertiary alicyclic amines) is 1. The minimum absolute atomic E-state index is 0.312. The molecule has 0 bridgehead atoms. The molecule has 0 spiro atoms. The molecular weight excluding hydrogens is 224 g/mol. The lowest BCUT2D eigenvalue weighted by Crippen LogP contribution is -2.58. The van der Waals surface area contributed by atoms with Crippen LogP contribution >= 0.6 is 0 Å². The number of nitrogens with zero attached hydrogens (tertiary/aromatic N) is 1. The average molecular weight is 254 g/mol. The van der Waals surface area contributed by atoms with Crippen LogP contribution in [-0.2, 0) is 4.74 Å². The van der Waals surface area contributed by atoms with Gasteiger partial charge in [-0.2, -0.15) is 0 Å². The Hall–Kier alpha value is -0.120. The number of hydrogen-bond donors (Lipinski definition) is 1. The van der Waals surface area contributed by atoms with Crippen molar-refractivity contribution in [1.82, 2.24) is 4.90 Å². The summed E-state index contributed by atoms with van der Waals surface area (Å²) in [6.07, 6.45) is 6.46. The molecule has 2 fully saturated rings. The Morgan fingerprint density at radius 3 is 2.50 bits per heavy atom. The highest BCUT2D eigenvalue weighted by Gasteiger charge is 2.39. The van der Waals surface area contributed by atoms with E-state index in [0.29, 0.717) is 17.5 Å². The summed E-state index contributed by atoms with van der Waals surface area (Å²) in [4.78, 5) is 2.65. The molecule has 1 saturated heterocycles. The van der Waals surface area contributed by atoms with Gasteiger partial charge in [-0.1, -0.05) is 20.3 Å². The summed E-state index contributed by atoms with van der Waals surface area (Å²) in [6.45, 7) is 8.02. The van der Waals surface area contributed by atoms with E-state index in [1.165, 1.54) is 45.2 Å². The summed E-state index contributed by atoms with van der Waals surface area (Å²) in [7, 11) is 1.81. The number of ether oxygens (including phenoxy) is 1. The summed E-state index contributed by atoms with van der Waals surface area (Å²) in [5.74, 6) is 0.763. The standard InChI is InChI=1S/C15H30N2O/c1-15(2)8-4-5-13(14(15)16)17-9-6-12(7-10-17)11-18-3/h12-14H,4-11,16H2,1-3H3. The second-order valence-corrected chi connectivity index (χ2v) is 6.91. The van der Waals surface area contributed by atoms with Gasteiger partial charge in [-0.05, 0) is 50.1 Å². The molecule has 2 aliphatic rings. The molecule has 1 aliphatic heterocycles. The maximum absolute atomic E-state index is 6.51. The summed E-state index contributed by atoms with van der Waals surface area (Å²) in [5.41, 5.74) is 6.83. The van der Waals surface area contributed by atoms with Crippen molar-refractivity contribution in [2.24, 2.45) is 17.1 Å². The van der Waals surface area contributed by atoms with Crippen LogP contribution in [0.25, 0.3) is 0 Å². The number of piperidine rings is 1. The zero-order chi connectivity index (χ0) is 13.2. The number of nitrogens with two attached hydrogens (primary N) is 1. The zero-order valence-electron chi connectivity index (χ0n) is 12.3. The Bertz CT molecular complexity index is 259. The molecule has 106 valence electrons. The maximum atomic E-state index is 6.51. The molecule has 2 atom stereocenters. The minimum atomic E-state index is 0.312. The van der Waals surface area contributed by atoms with E-state index in [1.54, 1.807) is 0 Å². The van der Waals surface area contributed by atoms with Crippen LogP contribution < -0.4 is 5.73 Å². The monoisotopic (exact) mass is 254 g/mol. The Kier molecular flexibility index (Phi) is 4.68. The van der Waals surface area contributed by atoms with Crippen LogP contribution in [0.2, 0.25) is 0 Å². The van der Waals surface area contributed by atoms with Crippen molar-refractivity contribution in [2.75, 3.05) is 26.8 Å². The van der Waals surface area contributed by atoms with Crippen LogP contribution in [0, 0.1) is 11.3 Å². The molecule has 0 aromatic rings. The smallest absolute Gasteiger partial charge is 0.0491 e. The van der Waals surface area contributed by atoms with Crippen molar-refractivity contribution in [3.63, 3.8) is 0 Å². The normalized spacial score (nSPS) is 34.7. The van der Waals surface area contributed by atoms with Gasteiger partial charge >= 0.3 is 0 Å². The first-order valence-corrected chi connectivity index (χ1v) is 7.53. The molecular formula is C15H30N2O. The third kappa shape index (κ3) is 3.06. The molecule has 3 nitrogen and oxygen atoms in total. The van der Waals surface area contributed by atoms with Crippen LogP contribution in [0.5, 0.6) is 0 Å². The van der Waals surface area contributed by atoms with Gasteiger partial charge < -0.3 is 10.5 Å². The highest BCUT2D eigenvalue weighted by molar-refractivity contribution is 4.97. The highest BCUT2D eigenvalue weighted by atomic mass is 16.5. The average Bonchev–Trinajstić information content (AvgIpc) is 2.34. The fraction of sp³-hybridized carbons (Fsp3) is 1.00. The molecule has 1 saturated carbocycles. The quantitative estimate of drug-likeness (QED) is 0.839. The largest absolute Gasteiger partial charge is 0.384 e. The highest BCUT2D eigenvalue weighted by Crippen LogP contribution is 2.37. The summed E-state index contributed by atoms with van der Waals surface area (Å²) >= 11 is 0. The summed E-state index contributed by atoms with van der Waals surface area (Å²) in [5, 5.41) is 0. The Morgan fingerprint density at radius 1 is 1.22 bits per heavy atom. The Balaban J connectivity index is 1.89. The Labute approximate surface area is 112 Å². The van der Waals surface area contributed by atoms with Crippen molar-refractivity contribution in [3.05, 3.63) is 0 Å². The third-order valence-corrected chi connectivity index (χ3v) is 5.16. The van der Waals surface area contributed by atoms with E-state index in [0.717, 1.165) is 12.5 Å². The van der Waals surface area contributed by atoms with Crippen molar-refractivity contribution in [1.29, 1.82) is 0 Å². The van der Waals surface area contributed by atoms with E-state index < -0.39 is 0 Å². The lowest BCUT2D eigenvalue weighted by atomic mass is 9.70. The molecule has 3 heteroatoms. The van der Waals surface area contributed by atoms with Gasteiger partial charge in [0.05, 0.1) is 0 Å². The molecule has 18 heavy (non-hydrogen) atoms. The molecule has 2 rings (SSSR count). The molecule has 2 unspecified atom stereocenters. The van der Waals surface area contributed by atoms with Gasteiger partial charge in [-0.3, -0.25) is 4.90 Å². The Morgan fingerprint density at radius 2 is 1.89 bits per heavy atom. The second kappa shape index (κ2) is 5.89. The van der Waals surface area contributed by atoms with Crippen molar-refractivity contribution in [2.45, 2.75) is 58.0 Å². The van der Waals surface area contributed by atoms with E-state index in [4.69, 9.17) is 10.5 Å². The third-order valence-electron chi connectivity index (χ3n) is 5.16. The van der Waals surface area contributed by atoms with Gasteiger partial charge in [0.15, 0.2) is 0 Å². The van der Waals surface area contributed by atoms with Crippen LogP contribution in [-0.4, -0.2) is 43.8 Å². The van der Waals surface area contributed by atoms with E-state index in [1.807, 2.05) is 7.11 Å². The molecule has 2 N–H and O–H groups in total. The minimum Gasteiger partial charge on any atom is -0.384 e. The molecule has 0 radical (unpaired) electrons. The van der Waals surface area contributed by atoms with Gasteiger partial charge in [0.25, 0.3) is 0 Å². The molecule has 1 heterocycles. The molecule has 0 aromatic carbocycles. The summed E-state index contributed by atoms with van der Waals surface area (Å²) in [6, 6.07) is 0.947. The summed E-state index contributed by atoms with van der Waals surface area (Å²) < 4.78 is 5.27. The van der Waals surface area contributed by atoms with Crippen LogP contribution in [0.15, 0.2) is 0 Å². The van der Waals surface area contributed by atoms with E-state index in [9.17, 15) is 0 Å². The van der Waals surface area contributed by atoms with E-state index in [-0.39, 0.29) is 0 Å². The van der Waals surface area contributed by atoms with Gasteiger partial charge in [-0.25, -0.2) is 0 Å². The molecule has 0 aromatic heterocycles. The lowest BCUT2D eigenvalue weighted by Gasteiger charge is -2.48. The topological polar surface area (TPSA) is 38.5 Å². The molecule has 0 amide bonds. The second-order valence-electron chi connectivity index (χ2n) is 6.91. The predicted octanol–water partition coefficient (Wildman–Crippen LogP) is 2.25. The SMILES string of the molecule is COCC1CCN(C2CCCC(C)(C)C2N)CC1. The number of hydrogen-bond acceptors (Lipinski definition) is 3. The van der Waals surface area contributed by atoms with E-state index >= 15 is 0 Å². The van der Waals surface area contributed by atoms with Gasteiger partial charge in [0, 0.05) is 25.8 Å². The van der Waals surface area contributed by atoms with Gasteiger partial charge in [-0.15, -0.1) is 0 Å². The van der Waals surface area contributed by atoms with Gasteiger partial charge in [0.2, 0.25) is 0 Å². The fourth-order valence-corrected chi connectivity index (χ4v) is 3.73. The van der Waals surface area contributed by atoms with Crippen LogP contribution in [0.3, 0.4) is 0 Å². The number of methoxy groups -OCH3 is 1. The van der Waals surface area contributed by atoms with Gasteiger partial charge in [0.1, 0.15) is 0 Å². The van der Waals surface area contributed by atoms with Crippen molar-refractivity contribution < 1.29 is 4.74 Å². The molecule has 1 aliphatic carbocycles.